The number of amides is 1. The second-order valence-electron chi connectivity index (χ2n) is 4.97. The zero-order chi connectivity index (χ0) is 12.4. The molecular formula is C13H19N3O. The Hall–Kier alpha value is -1.58. The topological polar surface area (TPSA) is 59.2 Å². The summed E-state index contributed by atoms with van der Waals surface area (Å²) < 4.78 is 0. The summed E-state index contributed by atoms with van der Waals surface area (Å²) in [7, 11) is 0. The van der Waals surface area contributed by atoms with E-state index in [1.54, 1.807) is 18.3 Å². The van der Waals surface area contributed by atoms with Gasteiger partial charge >= 0.3 is 0 Å². The molecule has 2 atom stereocenters. The molecule has 1 aromatic heterocycles. The molecule has 92 valence electrons. The van der Waals surface area contributed by atoms with Gasteiger partial charge in [-0.05, 0) is 30.4 Å². The molecule has 0 bridgehead atoms. The Labute approximate surface area is 102 Å². The highest BCUT2D eigenvalue weighted by molar-refractivity contribution is 5.93. The molecule has 1 aromatic rings. The molecule has 0 aliphatic carbocycles. The maximum absolute atomic E-state index is 12.2. The number of hydrogen-bond donors (Lipinski definition) is 1. The highest BCUT2D eigenvalue weighted by Gasteiger charge is 2.26. The summed E-state index contributed by atoms with van der Waals surface area (Å²) >= 11 is 0. The third-order valence-electron chi connectivity index (χ3n) is 3.62. The molecule has 0 spiro atoms. The predicted molar refractivity (Wildman–Crippen MR) is 67.5 cm³/mol. The number of nitrogen functional groups attached to an aromatic ring is 1. The first-order valence-electron chi connectivity index (χ1n) is 6.08. The van der Waals surface area contributed by atoms with Gasteiger partial charge in [-0.15, -0.1) is 0 Å². The van der Waals surface area contributed by atoms with Crippen LogP contribution >= 0.6 is 0 Å². The molecule has 2 rings (SSSR count). The van der Waals surface area contributed by atoms with Crippen LogP contribution in [0.4, 0.5) is 5.69 Å². The Morgan fingerprint density at radius 3 is 2.88 bits per heavy atom. The summed E-state index contributed by atoms with van der Waals surface area (Å²) in [5.74, 6) is 1.23. The van der Waals surface area contributed by atoms with E-state index in [0.717, 1.165) is 19.5 Å². The van der Waals surface area contributed by atoms with Gasteiger partial charge in [-0.3, -0.25) is 9.78 Å². The smallest absolute Gasteiger partial charge is 0.272 e. The van der Waals surface area contributed by atoms with Gasteiger partial charge in [0.05, 0.1) is 0 Å². The number of nitrogens with two attached hydrogens (primary N) is 1. The fraction of sp³-hybridized carbons (Fsp3) is 0.538. The van der Waals surface area contributed by atoms with Gasteiger partial charge in [0, 0.05) is 25.0 Å². The summed E-state index contributed by atoms with van der Waals surface area (Å²) in [5.41, 5.74) is 6.70. The van der Waals surface area contributed by atoms with Crippen LogP contribution in [0, 0.1) is 11.8 Å². The van der Waals surface area contributed by atoms with Crippen molar-refractivity contribution in [1.82, 2.24) is 9.88 Å². The summed E-state index contributed by atoms with van der Waals surface area (Å²) in [6, 6.07) is 3.34. The average molecular weight is 233 g/mol. The van der Waals surface area contributed by atoms with Crippen molar-refractivity contribution in [2.75, 3.05) is 18.8 Å². The lowest BCUT2D eigenvalue weighted by molar-refractivity contribution is 0.0621. The Balaban J connectivity index is 2.10. The van der Waals surface area contributed by atoms with Gasteiger partial charge in [0.25, 0.3) is 5.91 Å². The third kappa shape index (κ3) is 2.57. The zero-order valence-electron chi connectivity index (χ0n) is 10.4. The lowest BCUT2D eigenvalue weighted by atomic mass is 9.88. The van der Waals surface area contributed by atoms with E-state index in [4.69, 9.17) is 5.73 Å². The van der Waals surface area contributed by atoms with Gasteiger partial charge in [-0.1, -0.05) is 13.8 Å². The molecule has 1 aliphatic heterocycles. The van der Waals surface area contributed by atoms with Crippen LogP contribution in [-0.4, -0.2) is 28.9 Å². The lowest BCUT2D eigenvalue weighted by Crippen LogP contribution is -2.42. The Morgan fingerprint density at radius 2 is 2.24 bits per heavy atom. The number of hydrogen-bond acceptors (Lipinski definition) is 3. The Morgan fingerprint density at radius 1 is 1.47 bits per heavy atom. The maximum Gasteiger partial charge on any atom is 0.272 e. The van der Waals surface area contributed by atoms with Crippen LogP contribution in [0.25, 0.3) is 0 Å². The first-order valence-corrected chi connectivity index (χ1v) is 6.08. The molecule has 4 heteroatoms. The van der Waals surface area contributed by atoms with E-state index in [0.29, 0.717) is 23.2 Å². The molecule has 0 saturated carbocycles. The first-order chi connectivity index (χ1) is 8.08. The van der Waals surface area contributed by atoms with E-state index in [1.165, 1.54) is 0 Å². The fourth-order valence-corrected chi connectivity index (χ4v) is 2.17. The molecule has 4 nitrogen and oxygen atoms in total. The molecule has 17 heavy (non-hydrogen) atoms. The number of aromatic nitrogens is 1. The number of pyridine rings is 1. The largest absolute Gasteiger partial charge is 0.399 e. The van der Waals surface area contributed by atoms with Crippen LogP contribution in [0.5, 0.6) is 0 Å². The summed E-state index contributed by atoms with van der Waals surface area (Å²) in [5, 5.41) is 0. The standard InChI is InChI=1S/C13H19N3O/c1-9-4-6-16(8-10(9)2)13(17)12-7-11(14)3-5-15-12/h3,5,7,9-10H,4,6,8H2,1-2H3,(H2,14,15). The summed E-state index contributed by atoms with van der Waals surface area (Å²) in [6.07, 6.45) is 2.65. The van der Waals surface area contributed by atoms with Crippen molar-refractivity contribution < 1.29 is 4.79 Å². The number of likely N-dealkylation sites (tertiary alicyclic amines) is 1. The summed E-state index contributed by atoms with van der Waals surface area (Å²) in [4.78, 5) is 18.2. The minimum absolute atomic E-state index is 0.00366. The van der Waals surface area contributed by atoms with Gasteiger partial charge in [0.15, 0.2) is 0 Å². The van der Waals surface area contributed by atoms with E-state index < -0.39 is 0 Å². The van der Waals surface area contributed by atoms with Crippen LogP contribution in [0.15, 0.2) is 18.3 Å². The molecule has 1 saturated heterocycles. The average Bonchev–Trinajstić information content (AvgIpc) is 2.32. The second-order valence-corrected chi connectivity index (χ2v) is 4.97. The number of anilines is 1. The molecule has 0 aromatic carbocycles. The summed E-state index contributed by atoms with van der Waals surface area (Å²) in [6.45, 7) is 6.07. The van der Waals surface area contributed by atoms with E-state index in [9.17, 15) is 4.79 Å². The van der Waals surface area contributed by atoms with Gasteiger partial charge in [-0.2, -0.15) is 0 Å². The van der Waals surface area contributed by atoms with E-state index in [1.807, 2.05) is 4.90 Å². The maximum atomic E-state index is 12.2. The monoisotopic (exact) mass is 233 g/mol. The van der Waals surface area contributed by atoms with Crippen molar-refractivity contribution in [2.24, 2.45) is 11.8 Å². The van der Waals surface area contributed by atoms with Gasteiger partial charge in [0.1, 0.15) is 5.69 Å². The quantitative estimate of drug-likeness (QED) is 0.804. The number of carbonyl (C=O) groups is 1. The SMILES string of the molecule is CC1CCN(C(=O)c2cc(N)ccn2)CC1C. The second kappa shape index (κ2) is 4.73. The molecule has 1 aliphatic rings. The van der Waals surface area contributed by atoms with Crippen molar-refractivity contribution in [3.63, 3.8) is 0 Å². The van der Waals surface area contributed by atoms with Crippen LogP contribution in [0.2, 0.25) is 0 Å². The molecule has 2 heterocycles. The minimum atomic E-state index is -0.00366. The first kappa shape index (κ1) is 11.9. The number of rotatable bonds is 1. The highest BCUT2D eigenvalue weighted by atomic mass is 16.2. The van der Waals surface area contributed by atoms with Crippen molar-refractivity contribution in [3.05, 3.63) is 24.0 Å². The van der Waals surface area contributed by atoms with Crippen molar-refractivity contribution in [2.45, 2.75) is 20.3 Å². The third-order valence-corrected chi connectivity index (χ3v) is 3.62. The Bertz CT molecular complexity index is 419. The molecule has 1 amide bonds. The highest BCUT2D eigenvalue weighted by Crippen LogP contribution is 2.23. The van der Waals surface area contributed by atoms with E-state index in [-0.39, 0.29) is 5.91 Å². The number of piperidine rings is 1. The molecule has 1 fully saturated rings. The lowest BCUT2D eigenvalue weighted by Gasteiger charge is -2.35. The Kier molecular flexibility index (Phi) is 3.31. The van der Waals surface area contributed by atoms with Crippen molar-refractivity contribution in [3.8, 4) is 0 Å². The van der Waals surface area contributed by atoms with Crippen LogP contribution in [0.1, 0.15) is 30.8 Å². The predicted octanol–water partition coefficient (Wildman–Crippen LogP) is 1.78. The van der Waals surface area contributed by atoms with Crippen LogP contribution in [-0.2, 0) is 0 Å². The fourth-order valence-electron chi connectivity index (χ4n) is 2.17. The van der Waals surface area contributed by atoms with Crippen LogP contribution in [0.3, 0.4) is 0 Å². The number of nitrogens with zero attached hydrogens (tertiary/aromatic N) is 2. The normalized spacial score (nSPS) is 24.7. The van der Waals surface area contributed by atoms with Gasteiger partial charge < -0.3 is 10.6 Å². The van der Waals surface area contributed by atoms with Crippen molar-refractivity contribution in [1.29, 1.82) is 0 Å². The van der Waals surface area contributed by atoms with E-state index in [2.05, 4.69) is 18.8 Å². The molecular weight excluding hydrogens is 214 g/mol. The minimum Gasteiger partial charge on any atom is -0.399 e. The number of carbonyl (C=O) groups excluding carboxylic acids is 1. The molecule has 2 N–H and O–H groups in total. The van der Waals surface area contributed by atoms with Crippen molar-refractivity contribution >= 4 is 11.6 Å². The zero-order valence-corrected chi connectivity index (χ0v) is 10.4. The molecule has 2 unspecified atom stereocenters. The van der Waals surface area contributed by atoms with Gasteiger partial charge in [0.2, 0.25) is 0 Å². The molecule has 0 radical (unpaired) electrons. The van der Waals surface area contributed by atoms with E-state index >= 15 is 0 Å². The van der Waals surface area contributed by atoms with Gasteiger partial charge in [-0.25, -0.2) is 0 Å². The van der Waals surface area contributed by atoms with Crippen LogP contribution < -0.4 is 5.73 Å².